The van der Waals surface area contributed by atoms with Gasteiger partial charge in [0.25, 0.3) is 5.91 Å². The number of hydrogen-bond acceptors (Lipinski definition) is 3. The molecule has 1 aromatic heterocycles. The topological polar surface area (TPSA) is 67.0 Å². The largest absolute Gasteiger partial charge is 0.493 e. The highest BCUT2D eigenvalue weighted by Crippen LogP contribution is 2.30. The van der Waals surface area contributed by atoms with Gasteiger partial charge in [-0.3, -0.25) is 9.89 Å². The van der Waals surface area contributed by atoms with Gasteiger partial charge in [0.1, 0.15) is 5.75 Å². The molecule has 5 heteroatoms. The number of H-pyrrole nitrogens is 1. The molecular formula is C19H25N3O2. The molecule has 0 aliphatic heterocycles. The lowest BCUT2D eigenvalue weighted by Gasteiger charge is -2.24. The first kappa shape index (κ1) is 16.6. The van der Waals surface area contributed by atoms with Gasteiger partial charge in [-0.15, -0.1) is 0 Å². The van der Waals surface area contributed by atoms with Gasteiger partial charge in [-0.2, -0.15) is 5.10 Å². The highest BCUT2D eigenvalue weighted by atomic mass is 16.5. The predicted octanol–water partition coefficient (Wildman–Crippen LogP) is 3.48. The van der Waals surface area contributed by atoms with Crippen molar-refractivity contribution < 1.29 is 9.53 Å². The van der Waals surface area contributed by atoms with Crippen molar-refractivity contribution in [2.24, 2.45) is 5.92 Å². The molecule has 2 N–H and O–H groups in total. The minimum Gasteiger partial charge on any atom is -0.493 e. The second kappa shape index (κ2) is 6.30. The van der Waals surface area contributed by atoms with Gasteiger partial charge in [0.05, 0.1) is 17.8 Å². The van der Waals surface area contributed by atoms with Crippen LogP contribution in [0.15, 0.2) is 24.3 Å². The number of benzene rings is 1. The molecule has 0 spiro atoms. The third-order valence-electron chi connectivity index (χ3n) is 4.39. The van der Waals surface area contributed by atoms with Crippen LogP contribution in [0.2, 0.25) is 0 Å². The number of hydrogen-bond donors (Lipinski definition) is 2. The Hall–Kier alpha value is -2.30. The smallest absolute Gasteiger partial charge is 0.252 e. The van der Waals surface area contributed by atoms with E-state index in [0.717, 1.165) is 29.3 Å². The number of amides is 1. The lowest BCUT2D eigenvalue weighted by atomic mass is 9.99. The minimum absolute atomic E-state index is 0.128. The second-order valence-electron chi connectivity index (χ2n) is 7.25. The van der Waals surface area contributed by atoms with Crippen molar-refractivity contribution in [1.82, 2.24) is 15.5 Å². The lowest BCUT2D eigenvalue weighted by molar-refractivity contribution is 0.0910. The average Bonchev–Trinajstić information content (AvgIpc) is 3.24. The molecule has 0 saturated heterocycles. The summed E-state index contributed by atoms with van der Waals surface area (Å²) in [6.07, 6.45) is 2.49. The maximum Gasteiger partial charge on any atom is 0.252 e. The van der Waals surface area contributed by atoms with E-state index in [4.69, 9.17) is 4.74 Å². The van der Waals surface area contributed by atoms with Crippen LogP contribution >= 0.6 is 0 Å². The number of aryl methyl sites for hydroxylation is 2. The van der Waals surface area contributed by atoms with Crippen LogP contribution in [-0.2, 0) is 5.54 Å². The molecule has 5 nitrogen and oxygen atoms in total. The lowest BCUT2D eigenvalue weighted by Crippen LogP contribution is -2.41. The van der Waals surface area contributed by atoms with E-state index < -0.39 is 5.54 Å². The SMILES string of the molecule is Cc1cc(C(C)(C)NC(=O)c2ccc(C)c(OCC3CC3)c2)n[nH]1. The molecule has 1 amide bonds. The van der Waals surface area contributed by atoms with Gasteiger partial charge in [0.15, 0.2) is 0 Å². The van der Waals surface area contributed by atoms with E-state index in [0.29, 0.717) is 11.5 Å². The van der Waals surface area contributed by atoms with E-state index in [2.05, 4.69) is 15.5 Å². The van der Waals surface area contributed by atoms with Crippen LogP contribution in [0.4, 0.5) is 0 Å². The molecule has 1 aliphatic carbocycles. The first-order chi connectivity index (χ1) is 11.3. The molecule has 3 rings (SSSR count). The molecule has 2 aromatic rings. The molecule has 128 valence electrons. The number of ether oxygens (including phenoxy) is 1. The van der Waals surface area contributed by atoms with Crippen LogP contribution in [-0.4, -0.2) is 22.7 Å². The fourth-order valence-corrected chi connectivity index (χ4v) is 2.55. The molecule has 1 aliphatic rings. The molecule has 0 atom stereocenters. The Kier molecular flexibility index (Phi) is 4.35. The maximum atomic E-state index is 12.6. The molecule has 0 bridgehead atoms. The molecule has 1 saturated carbocycles. The Bertz CT molecular complexity index is 745. The first-order valence-electron chi connectivity index (χ1n) is 8.43. The van der Waals surface area contributed by atoms with Crippen LogP contribution in [0, 0.1) is 19.8 Å². The fourth-order valence-electron chi connectivity index (χ4n) is 2.55. The normalized spacial score (nSPS) is 14.5. The van der Waals surface area contributed by atoms with Crippen LogP contribution in [0.5, 0.6) is 5.75 Å². The van der Waals surface area contributed by atoms with E-state index >= 15 is 0 Å². The van der Waals surface area contributed by atoms with Gasteiger partial charge in [-0.1, -0.05) is 6.07 Å². The third-order valence-corrected chi connectivity index (χ3v) is 4.39. The van der Waals surface area contributed by atoms with Gasteiger partial charge in [0.2, 0.25) is 0 Å². The number of nitrogens with zero attached hydrogens (tertiary/aromatic N) is 1. The van der Waals surface area contributed by atoms with Crippen LogP contribution < -0.4 is 10.1 Å². The number of carbonyl (C=O) groups excluding carboxylic acids is 1. The zero-order chi connectivity index (χ0) is 17.3. The van der Waals surface area contributed by atoms with Crippen LogP contribution in [0.25, 0.3) is 0 Å². The minimum atomic E-state index is -0.554. The van der Waals surface area contributed by atoms with Gasteiger partial charge < -0.3 is 10.1 Å². The Morgan fingerprint density at radius 3 is 2.71 bits per heavy atom. The molecule has 24 heavy (non-hydrogen) atoms. The van der Waals surface area contributed by atoms with Crippen LogP contribution in [0.1, 0.15) is 54.0 Å². The Balaban J connectivity index is 1.72. The zero-order valence-electron chi connectivity index (χ0n) is 14.8. The second-order valence-corrected chi connectivity index (χ2v) is 7.25. The summed E-state index contributed by atoms with van der Waals surface area (Å²) in [5, 5.41) is 10.2. The predicted molar refractivity (Wildman–Crippen MR) is 93.2 cm³/mol. The van der Waals surface area contributed by atoms with Crippen molar-refractivity contribution >= 4 is 5.91 Å². The monoisotopic (exact) mass is 327 g/mol. The van der Waals surface area contributed by atoms with E-state index in [-0.39, 0.29) is 5.91 Å². The standard InChI is InChI=1S/C19H25N3O2/c1-12-5-8-15(10-16(12)24-11-14-6-7-14)18(23)20-19(3,4)17-9-13(2)21-22-17/h5,8-10,14H,6-7,11H2,1-4H3,(H,20,23)(H,21,22). The average molecular weight is 327 g/mol. The summed E-state index contributed by atoms with van der Waals surface area (Å²) in [6, 6.07) is 7.54. The first-order valence-corrected chi connectivity index (χ1v) is 8.43. The molecular weight excluding hydrogens is 302 g/mol. The summed E-state index contributed by atoms with van der Waals surface area (Å²) in [7, 11) is 0. The van der Waals surface area contributed by atoms with Gasteiger partial charge in [0, 0.05) is 11.3 Å². The van der Waals surface area contributed by atoms with E-state index in [1.54, 1.807) is 0 Å². The van der Waals surface area contributed by atoms with Gasteiger partial charge in [-0.25, -0.2) is 0 Å². The zero-order valence-corrected chi connectivity index (χ0v) is 14.8. The number of aromatic amines is 1. The summed E-state index contributed by atoms with van der Waals surface area (Å²) < 4.78 is 5.87. The van der Waals surface area contributed by atoms with Gasteiger partial charge >= 0.3 is 0 Å². The number of rotatable bonds is 6. The highest BCUT2D eigenvalue weighted by Gasteiger charge is 2.26. The van der Waals surface area contributed by atoms with Crippen molar-refractivity contribution in [3.63, 3.8) is 0 Å². The van der Waals surface area contributed by atoms with Crippen LogP contribution in [0.3, 0.4) is 0 Å². The molecule has 1 aromatic carbocycles. The summed E-state index contributed by atoms with van der Waals surface area (Å²) in [4.78, 5) is 12.6. The summed E-state index contributed by atoms with van der Waals surface area (Å²) in [5.74, 6) is 1.35. The third kappa shape index (κ3) is 3.78. The molecule has 1 fully saturated rings. The quantitative estimate of drug-likeness (QED) is 0.853. The highest BCUT2D eigenvalue weighted by molar-refractivity contribution is 5.95. The summed E-state index contributed by atoms with van der Waals surface area (Å²) >= 11 is 0. The van der Waals surface area contributed by atoms with Gasteiger partial charge in [-0.05, 0) is 70.2 Å². The van der Waals surface area contributed by atoms with Crippen molar-refractivity contribution in [3.05, 3.63) is 46.8 Å². The van der Waals surface area contributed by atoms with Crippen molar-refractivity contribution in [2.75, 3.05) is 6.61 Å². The van der Waals surface area contributed by atoms with E-state index in [1.165, 1.54) is 12.8 Å². The summed E-state index contributed by atoms with van der Waals surface area (Å²) in [6.45, 7) is 8.57. The van der Waals surface area contributed by atoms with E-state index in [1.807, 2.05) is 52.0 Å². The maximum absolute atomic E-state index is 12.6. The number of nitrogens with one attached hydrogen (secondary N) is 2. The number of carbonyl (C=O) groups is 1. The Morgan fingerprint density at radius 1 is 1.33 bits per heavy atom. The fraction of sp³-hybridized carbons (Fsp3) is 0.474. The van der Waals surface area contributed by atoms with Crippen molar-refractivity contribution in [3.8, 4) is 5.75 Å². The Labute approximate surface area is 142 Å². The molecule has 1 heterocycles. The molecule has 0 unspecified atom stereocenters. The summed E-state index contributed by atoms with van der Waals surface area (Å²) in [5.41, 5.74) is 2.88. The Morgan fingerprint density at radius 2 is 2.08 bits per heavy atom. The molecule has 0 radical (unpaired) electrons. The van der Waals surface area contributed by atoms with Crippen molar-refractivity contribution in [1.29, 1.82) is 0 Å². The van der Waals surface area contributed by atoms with E-state index in [9.17, 15) is 4.79 Å². The number of aromatic nitrogens is 2. The van der Waals surface area contributed by atoms with Crippen molar-refractivity contribution in [2.45, 2.75) is 46.1 Å².